The average molecular weight is 349 g/mol. The fraction of sp³-hybridized carbons (Fsp3) is 0.739. The predicted octanol–water partition coefficient (Wildman–Crippen LogP) is 7.12. The largest absolute Gasteiger partial charge is 0.344 e. The molecule has 1 atom stereocenters. The summed E-state index contributed by atoms with van der Waals surface area (Å²) in [6.07, 6.45) is 14.0. The van der Waals surface area contributed by atoms with E-state index in [0.717, 1.165) is 32.1 Å². The summed E-state index contributed by atoms with van der Waals surface area (Å²) in [4.78, 5) is 0. The molecular weight excluding hydrogens is 308 g/mol. The van der Waals surface area contributed by atoms with E-state index >= 15 is 0 Å². The maximum atomic E-state index is 6.06. The van der Waals surface area contributed by atoms with E-state index < -0.39 is 5.79 Å². The van der Waals surface area contributed by atoms with Gasteiger partial charge in [0, 0.05) is 0 Å². The zero-order valence-electron chi connectivity index (χ0n) is 17.9. The van der Waals surface area contributed by atoms with E-state index in [9.17, 15) is 0 Å². The summed E-state index contributed by atoms with van der Waals surface area (Å²) in [6.45, 7) is 17.1. The molecule has 0 bridgehead atoms. The SMILES string of the molecule is CC(C)=CCC/C(C)=C/CC/C=C(\C)CC[C@H]1OC(C)(C)OC1(C)C. The van der Waals surface area contributed by atoms with Gasteiger partial charge in [0.25, 0.3) is 0 Å². The second kappa shape index (κ2) is 9.73. The Morgan fingerprint density at radius 3 is 1.84 bits per heavy atom. The molecule has 0 amide bonds. The van der Waals surface area contributed by atoms with E-state index in [1.54, 1.807) is 0 Å². The Hall–Kier alpha value is -0.860. The Bertz CT molecular complexity index is 502. The molecule has 0 radical (unpaired) electrons. The molecular formula is C23H40O2. The van der Waals surface area contributed by atoms with Gasteiger partial charge in [0.1, 0.15) is 0 Å². The first-order valence-electron chi connectivity index (χ1n) is 9.84. The lowest BCUT2D eigenvalue weighted by Gasteiger charge is -2.24. The molecule has 0 aliphatic carbocycles. The second-order valence-electron chi connectivity index (χ2n) is 8.75. The third-order valence-electron chi connectivity index (χ3n) is 4.75. The molecule has 0 saturated carbocycles. The van der Waals surface area contributed by atoms with Crippen LogP contribution in [0, 0.1) is 0 Å². The first-order valence-corrected chi connectivity index (χ1v) is 9.84. The minimum atomic E-state index is -0.459. The van der Waals surface area contributed by atoms with Gasteiger partial charge < -0.3 is 9.47 Å². The Morgan fingerprint density at radius 2 is 1.36 bits per heavy atom. The minimum absolute atomic E-state index is 0.170. The van der Waals surface area contributed by atoms with E-state index in [1.807, 2.05) is 13.8 Å². The maximum absolute atomic E-state index is 6.06. The van der Waals surface area contributed by atoms with E-state index in [4.69, 9.17) is 9.47 Å². The van der Waals surface area contributed by atoms with Crippen LogP contribution in [0.3, 0.4) is 0 Å². The van der Waals surface area contributed by atoms with Gasteiger partial charge in [-0.05, 0) is 93.9 Å². The van der Waals surface area contributed by atoms with Gasteiger partial charge in [-0.3, -0.25) is 0 Å². The van der Waals surface area contributed by atoms with Crippen LogP contribution in [0.5, 0.6) is 0 Å². The van der Waals surface area contributed by atoms with E-state index in [0.29, 0.717) is 0 Å². The van der Waals surface area contributed by atoms with Crippen molar-refractivity contribution in [3.8, 4) is 0 Å². The third kappa shape index (κ3) is 8.87. The summed E-state index contributed by atoms with van der Waals surface area (Å²) in [5, 5.41) is 0. The summed E-state index contributed by atoms with van der Waals surface area (Å²) >= 11 is 0. The van der Waals surface area contributed by atoms with Crippen LogP contribution in [-0.4, -0.2) is 17.5 Å². The third-order valence-corrected chi connectivity index (χ3v) is 4.75. The maximum Gasteiger partial charge on any atom is 0.164 e. The van der Waals surface area contributed by atoms with Gasteiger partial charge in [-0.25, -0.2) is 0 Å². The zero-order chi connectivity index (χ0) is 19.1. The van der Waals surface area contributed by atoms with E-state index in [1.165, 1.54) is 23.1 Å². The lowest BCUT2D eigenvalue weighted by Crippen LogP contribution is -2.33. The molecule has 0 spiro atoms. The quantitative estimate of drug-likeness (QED) is 0.326. The molecule has 1 rings (SSSR count). The lowest BCUT2D eigenvalue weighted by atomic mass is 9.95. The van der Waals surface area contributed by atoms with Crippen molar-refractivity contribution < 1.29 is 9.47 Å². The highest BCUT2D eigenvalue weighted by molar-refractivity contribution is 5.05. The van der Waals surface area contributed by atoms with Crippen molar-refractivity contribution in [2.24, 2.45) is 0 Å². The molecule has 0 aromatic carbocycles. The Labute approximate surface area is 156 Å². The summed E-state index contributed by atoms with van der Waals surface area (Å²) in [6, 6.07) is 0. The molecule has 0 aromatic heterocycles. The lowest BCUT2D eigenvalue weighted by molar-refractivity contribution is -0.157. The van der Waals surface area contributed by atoms with E-state index in [2.05, 4.69) is 59.8 Å². The number of rotatable bonds is 9. The van der Waals surface area contributed by atoms with Gasteiger partial charge in [0.2, 0.25) is 0 Å². The summed E-state index contributed by atoms with van der Waals surface area (Å²) < 4.78 is 12.1. The van der Waals surface area contributed by atoms with Crippen molar-refractivity contribution in [1.82, 2.24) is 0 Å². The molecule has 25 heavy (non-hydrogen) atoms. The molecule has 2 nitrogen and oxygen atoms in total. The summed E-state index contributed by atoms with van der Waals surface area (Å²) in [5.41, 5.74) is 4.17. The fourth-order valence-corrected chi connectivity index (χ4v) is 3.43. The van der Waals surface area contributed by atoms with Gasteiger partial charge in [-0.2, -0.15) is 0 Å². The van der Waals surface area contributed by atoms with Gasteiger partial charge in [0.15, 0.2) is 5.79 Å². The normalized spacial score (nSPS) is 23.0. The van der Waals surface area contributed by atoms with Crippen molar-refractivity contribution in [3.63, 3.8) is 0 Å². The van der Waals surface area contributed by atoms with Gasteiger partial charge >= 0.3 is 0 Å². The highest BCUT2D eigenvalue weighted by Gasteiger charge is 2.46. The number of ether oxygens (including phenoxy) is 2. The van der Waals surface area contributed by atoms with Crippen molar-refractivity contribution in [1.29, 1.82) is 0 Å². The van der Waals surface area contributed by atoms with Gasteiger partial charge in [0.05, 0.1) is 11.7 Å². The van der Waals surface area contributed by atoms with Crippen molar-refractivity contribution >= 4 is 0 Å². The number of hydrogen-bond acceptors (Lipinski definition) is 2. The second-order valence-corrected chi connectivity index (χ2v) is 8.75. The summed E-state index contributed by atoms with van der Waals surface area (Å²) in [5.74, 6) is -0.459. The van der Waals surface area contributed by atoms with Crippen LogP contribution in [0.1, 0.15) is 93.9 Å². The smallest absolute Gasteiger partial charge is 0.164 e. The van der Waals surface area contributed by atoms with Crippen molar-refractivity contribution in [2.75, 3.05) is 0 Å². The molecule has 0 unspecified atom stereocenters. The molecule has 1 aliphatic heterocycles. The van der Waals surface area contributed by atoms with Gasteiger partial charge in [-0.15, -0.1) is 0 Å². The first-order chi connectivity index (χ1) is 11.5. The number of allylic oxidation sites excluding steroid dienone is 6. The van der Waals surface area contributed by atoms with Crippen LogP contribution in [0.2, 0.25) is 0 Å². The number of hydrogen-bond donors (Lipinski definition) is 0. The molecule has 1 saturated heterocycles. The summed E-state index contributed by atoms with van der Waals surface area (Å²) in [7, 11) is 0. The average Bonchev–Trinajstić information content (AvgIpc) is 2.68. The molecule has 2 heteroatoms. The highest BCUT2D eigenvalue weighted by atomic mass is 16.8. The predicted molar refractivity (Wildman–Crippen MR) is 109 cm³/mol. The molecule has 1 aliphatic rings. The zero-order valence-corrected chi connectivity index (χ0v) is 17.9. The van der Waals surface area contributed by atoms with Gasteiger partial charge in [-0.1, -0.05) is 34.9 Å². The van der Waals surface area contributed by atoms with Crippen LogP contribution in [-0.2, 0) is 9.47 Å². The monoisotopic (exact) mass is 348 g/mol. The minimum Gasteiger partial charge on any atom is -0.344 e. The van der Waals surface area contributed by atoms with Crippen LogP contribution < -0.4 is 0 Å². The molecule has 1 fully saturated rings. The first kappa shape index (κ1) is 22.2. The molecule has 0 N–H and O–H groups in total. The Morgan fingerprint density at radius 1 is 0.800 bits per heavy atom. The standard InChI is InChI=1S/C23H40O2/c1-18(2)12-11-15-19(3)13-9-10-14-20(4)16-17-21-22(5,6)25-23(7,8)24-21/h12-14,21H,9-11,15-17H2,1-8H3/b19-13+,20-14+/t21-/m1/s1. The fourth-order valence-electron chi connectivity index (χ4n) is 3.43. The van der Waals surface area contributed by atoms with Crippen molar-refractivity contribution in [3.05, 3.63) is 34.9 Å². The highest BCUT2D eigenvalue weighted by Crippen LogP contribution is 2.38. The number of unbranched alkanes of at least 4 members (excludes halogenated alkanes) is 1. The van der Waals surface area contributed by atoms with Crippen LogP contribution in [0.4, 0.5) is 0 Å². The molecule has 1 heterocycles. The Balaban J connectivity index is 2.31. The van der Waals surface area contributed by atoms with Crippen LogP contribution in [0.25, 0.3) is 0 Å². The topological polar surface area (TPSA) is 18.5 Å². The Kier molecular flexibility index (Phi) is 8.63. The van der Waals surface area contributed by atoms with Crippen LogP contribution >= 0.6 is 0 Å². The van der Waals surface area contributed by atoms with Crippen molar-refractivity contribution in [2.45, 2.75) is 111 Å². The molecule has 144 valence electrons. The molecule has 0 aromatic rings. The van der Waals surface area contributed by atoms with E-state index in [-0.39, 0.29) is 11.7 Å². The van der Waals surface area contributed by atoms with Crippen LogP contribution in [0.15, 0.2) is 34.9 Å².